The van der Waals surface area contributed by atoms with Crippen molar-refractivity contribution in [2.45, 2.75) is 0 Å². The van der Waals surface area contributed by atoms with Gasteiger partial charge in [-0.1, -0.05) is 6.07 Å². The minimum atomic E-state index is 0.521. The third-order valence-electron chi connectivity index (χ3n) is 2.71. The minimum Gasteiger partial charge on any atom is -0.286 e. The van der Waals surface area contributed by atoms with Gasteiger partial charge in [0.25, 0.3) is 0 Å². The maximum atomic E-state index is 4.31. The first-order valence-electron chi connectivity index (χ1n) is 5.38. The highest BCUT2D eigenvalue weighted by Gasteiger charge is 2.14. The van der Waals surface area contributed by atoms with Crippen molar-refractivity contribution >= 4 is 5.65 Å². The summed E-state index contributed by atoms with van der Waals surface area (Å²) in [5.74, 6) is 1.06. The highest BCUT2D eigenvalue weighted by molar-refractivity contribution is 5.64. The normalized spacial score (nSPS) is 11.2. The molecule has 0 radical (unpaired) electrons. The lowest BCUT2D eigenvalue weighted by molar-refractivity contribution is 0.881. The van der Waals surface area contributed by atoms with E-state index in [1.807, 2.05) is 22.6 Å². The van der Waals surface area contributed by atoms with E-state index in [1.54, 1.807) is 6.20 Å². The molecule has 0 aliphatic heterocycles. The molecule has 0 saturated heterocycles. The molecule has 10 nitrogen and oxygen atoms in total. The SMILES string of the molecule is c1cc(-c2nnn[nH]2)n2c(-c3nnn[nH]3)cnc2c1. The monoisotopic (exact) mass is 254 g/mol. The molecule has 4 aromatic heterocycles. The number of hydrogen-bond acceptors (Lipinski definition) is 7. The summed E-state index contributed by atoms with van der Waals surface area (Å²) in [5.41, 5.74) is 2.25. The number of pyridine rings is 1. The summed E-state index contributed by atoms with van der Waals surface area (Å²) in [5, 5.41) is 27.5. The van der Waals surface area contributed by atoms with E-state index in [0.717, 1.165) is 17.0 Å². The first-order valence-corrected chi connectivity index (χ1v) is 5.38. The summed E-state index contributed by atoms with van der Waals surface area (Å²) in [6.07, 6.45) is 1.69. The fourth-order valence-electron chi connectivity index (χ4n) is 1.92. The number of fused-ring (bicyclic) bond motifs is 1. The summed E-state index contributed by atoms with van der Waals surface area (Å²) < 4.78 is 1.87. The number of H-pyrrole nitrogens is 2. The Kier molecular flexibility index (Phi) is 1.89. The number of hydrogen-bond donors (Lipinski definition) is 2. The van der Waals surface area contributed by atoms with Gasteiger partial charge in [-0.2, -0.15) is 0 Å². The van der Waals surface area contributed by atoms with E-state index in [-0.39, 0.29) is 0 Å². The summed E-state index contributed by atoms with van der Waals surface area (Å²) in [6, 6.07) is 5.63. The number of rotatable bonds is 2. The summed E-state index contributed by atoms with van der Waals surface area (Å²) in [6.45, 7) is 0. The van der Waals surface area contributed by atoms with Gasteiger partial charge in [-0.05, 0) is 33.0 Å². The molecule has 0 amide bonds. The Morgan fingerprint density at radius 2 is 1.63 bits per heavy atom. The molecule has 10 heteroatoms. The van der Waals surface area contributed by atoms with Crippen molar-refractivity contribution in [2.75, 3.05) is 0 Å². The number of nitrogens with one attached hydrogen (secondary N) is 2. The van der Waals surface area contributed by atoms with E-state index in [9.17, 15) is 0 Å². The van der Waals surface area contributed by atoms with Crippen LogP contribution in [0.3, 0.4) is 0 Å². The maximum Gasteiger partial charge on any atom is 0.198 e. The first kappa shape index (κ1) is 9.82. The van der Waals surface area contributed by atoms with Gasteiger partial charge in [0.05, 0.1) is 11.9 Å². The second-order valence-corrected chi connectivity index (χ2v) is 3.75. The zero-order valence-corrected chi connectivity index (χ0v) is 9.39. The summed E-state index contributed by atoms with van der Waals surface area (Å²) in [4.78, 5) is 4.31. The molecule has 2 N–H and O–H groups in total. The average Bonchev–Trinajstić information content (AvgIpc) is 3.18. The molecule has 0 bridgehead atoms. The summed E-state index contributed by atoms with van der Waals surface area (Å²) in [7, 11) is 0. The number of aromatic amines is 2. The van der Waals surface area contributed by atoms with Crippen molar-refractivity contribution in [2.24, 2.45) is 0 Å². The molecular weight excluding hydrogens is 248 g/mol. The Morgan fingerprint density at radius 3 is 2.32 bits per heavy atom. The fraction of sp³-hybridized carbons (Fsp3) is 0. The van der Waals surface area contributed by atoms with Gasteiger partial charge in [0, 0.05) is 0 Å². The molecule has 0 unspecified atom stereocenters. The minimum absolute atomic E-state index is 0.521. The zero-order chi connectivity index (χ0) is 12.7. The number of nitrogens with zero attached hydrogens (tertiary/aromatic N) is 8. The molecule has 0 aliphatic carbocycles. The highest BCUT2D eigenvalue weighted by atomic mass is 15.5. The second kappa shape index (κ2) is 3.66. The average molecular weight is 254 g/mol. The number of imidazole rings is 1. The van der Waals surface area contributed by atoms with Crippen LogP contribution in [0.15, 0.2) is 24.4 Å². The third kappa shape index (κ3) is 1.40. The standard InChI is InChI=1S/C9H6N10/c1-2-5(8-11-15-16-12-8)19-6(4-10-7(19)3-1)9-13-17-18-14-9/h1-4H,(H,11,12,15,16)(H,13,14,17,18). The lowest BCUT2D eigenvalue weighted by atomic mass is 10.3. The van der Waals surface area contributed by atoms with Crippen LogP contribution in [0.4, 0.5) is 0 Å². The molecule has 0 aliphatic rings. The second-order valence-electron chi connectivity index (χ2n) is 3.75. The molecule has 19 heavy (non-hydrogen) atoms. The molecule has 0 saturated carbocycles. The molecule has 0 aromatic carbocycles. The van der Waals surface area contributed by atoms with Crippen LogP contribution in [0.5, 0.6) is 0 Å². The van der Waals surface area contributed by atoms with Crippen LogP contribution in [0.1, 0.15) is 0 Å². The molecule has 4 heterocycles. The molecular formula is C9H6N10. The van der Waals surface area contributed by atoms with Gasteiger partial charge in [0.1, 0.15) is 11.3 Å². The van der Waals surface area contributed by atoms with Crippen LogP contribution in [0.2, 0.25) is 0 Å². The van der Waals surface area contributed by atoms with E-state index in [2.05, 4.69) is 46.2 Å². The van der Waals surface area contributed by atoms with Crippen LogP contribution >= 0.6 is 0 Å². The Hall–Kier alpha value is -3.17. The Labute approximate surface area is 104 Å². The van der Waals surface area contributed by atoms with E-state index in [1.165, 1.54) is 0 Å². The zero-order valence-electron chi connectivity index (χ0n) is 9.39. The Bertz CT molecular complexity index is 812. The van der Waals surface area contributed by atoms with Crippen molar-refractivity contribution < 1.29 is 0 Å². The van der Waals surface area contributed by atoms with Crippen LogP contribution in [0, 0.1) is 0 Å². The lowest BCUT2D eigenvalue weighted by Gasteiger charge is -2.03. The number of aromatic nitrogens is 10. The van der Waals surface area contributed by atoms with Gasteiger partial charge < -0.3 is 0 Å². The first-order chi connectivity index (χ1) is 9.43. The fourth-order valence-corrected chi connectivity index (χ4v) is 1.92. The molecule has 0 atom stereocenters. The lowest BCUT2D eigenvalue weighted by Crippen LogP contribution is -1.96. The van der Waals surface area contributed by atoms with Crippen molar-refractivity contribution in [1.29, 1.82) is 0 Å². The van der Waals surface area contributed by atoms with Gasteiger partial charge >= 0.3 is 0 Å². The van der Waals surface area contributed by atoms with E-state index in [4.69, 9.17) is 0 Å². The van der Waals surface area contributed by atoms with Gasteiger partial charge in [-0.3, -0.25) is 4.40 Å². The molecule has 0 spiro atoms. The number of tetrazole rings is 2. The molecule has 0 fully saturated rings. The van der Waals surface area contributed by atoms with Crippen molar-refractivity contribution in [3.8, 4) is 23.0 Å². The van der Waals surface area contributed by atoms with Crippen molar-refractivity contribution in [3.05, 3.63) is 24.4 Å². The van der Waals surface area contributed by atoms with Crippen LogP contribution in [0.25, 0.3) is 28.7 Å². The molecule has 4 rings (SSSR count). The van der Waals surface area contributed by atoms with Crippen LogP contribution < -0.4 is 0 Å². The van der Waals surface area contributed by atoms with Gasteiger partial charge in [-0.15, -0.1) is 10.2 Å². The quantitative estimate of drug-likeness (QED) is 0.502. The Morgan fingerprint density at radius 1 is 0.895 bits per heavy atom. The van der Waals surface area contributed by atoms with Gasteiger partial charge in [-0.25, -0.2) is 15.2 Å². The van der Waals surface area contributed by atoms with E-state index < -0.39 is 0 Å². The predicted molar refractivity (Wildman–Crippen MR) is 61.5 cm³/mol. The summed E-state index contributed by atoms with van der Waals surface area (Å²) >= 11 is 0. The highest BCUT2D eigenvalue weighted by Crippen LogP contribution is 2.22. The van der Waals surface area contributed by atoms with Crippen LogP contribution in [-0.4, -0.2) is 50.6 Å². The third-order valence-corrected chi connectivity index (χ3v) is 2.71. The van der Waals surface area contributed by atoms with E-state index in [0.29, 0.717) is 11.6 Å². The topological polar surface area (TPSA) is 126 Å². The van der Waals surface area contributed by atoms with Crippen molar-refractivity contribution in [3.63, 3.8) is 0 Å². The maximum absolute atomic E-state index is 4.31. The largest absolute Gasteiger partial charge is 0.286 e. The van der Waals surface area contributed by atoms with Gasteiger partial charge in [0.15, 0.2) is 11.6 Å². The van der Waals surface area contributed by atoms with Crippen LogP contribution in [-0.2, 0) is 0 Å². The Balaban J connectivity index is 2.07. The van der Waals surface area contributed by atoms with Crippen molar-refractivity contribution in [1.82, 2.24) is 50.6 Å². The molecule has 4 aromatic rings. The predicted octanol–water partition coefficient (Wildman–Crippen LogP) is -0.306. The smallest absolute Gasteiger partial charge is 0.198 e. The molecule has 92 valence electrons. The van der Waals surface area contributed by atoms with E-state index >= 15 is 0 Å². The van der Waals surface area contributed by atoms with Gasteiger partial charge in [0.2, 0.25) is 0 Å².